The van der Waals surface area contributed by atoms with Crippen molar-refractivity contribution in [1.82, 2.24) is 25.5 Å². The van der Waals surface area contributed by atoms with E-state index in [0.29, 0.717) is 18.4 Å². The zero-order valence-corrected chi connectivity index (χ0v) is 18.1. The van der Waals surface area contributed by atoms with E-state index >= 15 is 0 Å². The Bertz CT molecular complexity index is 912. The van der Waals surface area contributed by atoms with Crippen LogP contribution in [0.1, 0.15) is 29.9 Å². The maximum absolute atomic E-state index is 12.9. The van der Waals surface area contributed by atoms with Crippen LogP contribution in [-0.4, -0.2) is 53.4 Å². The number of hydrogen-bond acceptors (Lipinski definition) is 5. The van der Waals surface area contributed by atoms with Crippen molar-refractivity contribution in [3.05, 3.63) is 57.6 Å². The summed E-state index contributed by atoms with van der Waals surface area (Å²) in [5.74, 6) is -1.30. The van der Waals surface area contributed by atoms with Crippen LogP contribution in [0.4, 0.5) is 18.0 Å². The van der Waals surface area contributed by atoms with E-state index in [4.69, 9.17) is 23.2 Å². The molecule has 0 bridgehead atoms. The zero-order chi connectivity index (χ0) is 23.2. The fourth-order valence-electron chi connectivity index (χ4n) is 2.69. The highest BCUT2D eigenvalue weighted by Crippen LogP contribution is 2.30. The zero-order valence-electron chi connectivity index (χ0n) is 16.6. The summed E-state index contributed by atoms with van der Waals surface area (Å²) >= 11 is 12.0. The molecule has 7 nitrogen and oxygen atoms in total. The molecule has 12 heteroatoms. The fraction of sp³-hybridized carbons (Fsp3) is 0.368. The van der Waals surface area contributed by atoms with E-state index in [0.717, 1.165) is 12.4 Å². The molecule has 31 heavy (non-hydrogen) atoms. The summed E-state index contributed by atoms with van der Waals surface area (Å²) < 4.78 is 38.5. The number of aromatic nitrogens is 2. The van der Waals surface area contributed by atoms with E-state index in [-0.39, 0.29) is 22.2 Å². The van der Waals surface area contributed by atoms with Gasteiger partial charge in [-0.3, -0.25) is 0 Å². The molecular formula is C19H20Cl2F3N5O2. The lowest BCUT2D eigenvalue weighted by Gasteiger charge is -2.29. The van der Waals surface area contributed by atoms with Crippen molar-refractivity contribution < 1.29 is 22.8 Å². The van der Waals surface area contributed by atoms with Crippen molar-refractivity contribution in [2.24, 2.45) is 0 Å². The van der Waals surface area contributed by atoms with Gasteiger partial charge in [0.25, 0.3) is 0 Å². The van der Waals surface area contributed by atoms with Gasteiger partial charge in [0.2, 0.25) is 5.82 Å². The third-order valence-electron chi connectivity index (χ3n) is 4.36. The molecule has 1 heterocycles. The van der Waals surface area contributed by atoms with E-state index < -0.39 is 30.1 Å². The van der Waals surface area contributed by atoms with Crippen LogP contribution in [0, 0.1) is 0 Å². The Morgan fingerprint density at radius 1 is 1.19 bits per heavy atom. The van der Waals surface area contributed by atoms with Gasteiger partial charge in [-0.25, -0.2) is 14.8 Å². The van der Waals surface area contributed by atoms with Gasteiger partial charge >= 0.3 is 12.2 Å². The van der Waals surface area contributed by atoms with Crippen LogP contribution in [0.2, 0.25) is 10.0 Å². The minimum atomic E-state index is -4.70. The molecule has 0 saturated carbocycles. The van der Waals surface area contributed by atoms with Gasteiger partial charge in [0, 0.05) is 31.0 Å². The number of carbonyl (C=O) groups excluding carboxylic acids is 2. The normalized spacial score (nSPS) is 13.4. The van der Waals surface area contributed by atoms with Crippen molar-refractivity contribution in [1.29, 1.82) is 0 Å². The van der Waals surface area contributed by atoms with E-state index in [9.17, 15) is 22.8 Å². The van der Waals surface area contributed by atoms with E-state index in [1.807, 2.05) is 0 Å². The summed E-state index contributed by atoms with van der Waals surface area (Å²) in [6.07, 6.45) is -2.14. The van der Waals surface area contributed by atoms with Crippen LogP contribution in [0.25, 0.3) is 0 Å². The number of carbonyl (C=O) groups is 2. The van der Waals surface area contributed by atoms with Crippen LogP contribution in [0.5, 0.6) is 0 Å². The summed E-state index contributed by atoms with van der Waals surface area (Å²) in [6, 6.07) is 2.26. The average Bonchev–Trinajstić information content (AvgIpc) is 2.73. The van der Waals surface area contributed by atoms with Gasteiger partial charge < -0.3 is 20.3 Å². The number of aldehydes is 1. The lowest BCUT2D eigenvalue weighted by Crippen LogP contribution is -2.49. The first kappa shape index (κ1) is 24.8. The quantitative estimate of drug-likeness (QED) is 0.565. The molecular weight excluding hydrogens is 458 g/mol. The van der Waals surface area contributed by atoms with Gasteiger partial charge in [-0.2, -0.15) is 13.2 Å². The Morgan fingerprint density at radius 2 is 1.84 bits per heavy atom. The number of urea groups is 1. The number of likely N-dealkylation sites (N-methyl/N-ethyl adjacent to an activating group) is 1. The lowest BCUT2D eigenvalue weighted by atomic mass is 10.0. The molecule has 0 radical (unpaired) electrons. The standard InChI is InChI=1S/C19H20Cl2F3N5O2/c1-11(10-30)29(6-5-25-2)18(31)28-16(12-3-4-14(20)15(21)7-12)13-8-26-17(27-9-13)19(22,23)24/h3-4,7-11,16,25H,5-6H2,1-2H3,(H,28,31). The largest absolute Gasteiger partial charge is 0.451 e. The number of halogens is 5. The third kappa shape index (κ3) is 6.52. The minimum absolute atomic E-state index is 0.187. The Labute approximate surface area is 186 Å². The molecule has 1 aromatic carbocycles. The van der Waals surface area contributed by atoms with Crippen LogP contribution < -0.4 is 10.6 Å². The highest BCUT2D eigenvalue weighted by atomic mass is 35.5. The van der Waals surface area contributed by atoms with Crippen molar-refractivity contribution in [3.63, 3.8) is 0 Å². The second-order valence-electron chi connectivity index (χ2n) is 6.57. The summed E-state index contributed by atoms with van der Waals surface area (Å²) in [6.45, 7) is 2.20. The molecule has 0 aliphatic rings. The fourth-order valence-corrected chi connectivity index (χ4v) is 2.99. The van der Waals surface area contributed by atoms with Gasteiger partial charge in [0.05, 0.1) is 22.1 Å². The Morgan fingerprint density at radius 3 is 2.35 bits per heavy atom. The maximum Gasteiger partial charge on any atom is 0.451 e. The maximum atomic E-state index is 12.9. The Balaban J connectivity index is 2.43. The predicted octanol–water partition coefficient (Wildman–Crippen LogP) is 3.71. The van der Waals surface area contributed by atoms with Crippen LogP contribution in [0.15, 0.2) is 30.6 Å². The second-order valence-corrected chi connectivity index (χ2v) is 7.38. The summed E-state index contributed by atoms with van der Waals surface area (Å²) in [5, 5.41) is 6.06. The predicted molar refractivity (Wildman–Crippen MR) is 110 cm³/mol. The first-order valence-electron chi connectivity index (χ1n) is 9.09. The number of nitrogens with one attached hydrogen (secondary N) is 2. The van der Waals surface area contributed by atoms with Crippen LogP contribution in [-0.2, 0) is 11.0 Å². The highest BCUT2D eigenvalue weighted by molar-refractivity contribution is 6.42. The number of amides is 2. The molecule has 2 unspecified atom stereocenters. The lowest BCUT2D eigenvalue weighted by molar-refractivity contribution is -0.145. The van der Waals surface area contributed by atoms with Crippen molar-refractivity contribution >= 4 is 35.5 Å². The smallest absolute Gasteiger partial charge is 0.327 e. The molecule has 0 aliphatic heterocycles. The van der Waals surface area contributed by atoms with Gasteiger partial charge in [-0.05, 0) is 31.7 Å². The molecule has 2 N–H and O–H groups in total. The molecule has 0 saturated heterocycles. The van der Waals surface area contributed by atoms with Crippen LogP contribution >= 0.6 is 23.2 Å². The van der Waals surface area contributed by atoms with E-state index in [1.54, 1.807) is 20.0 Å². The molecule has 2 amide bonds. The van der Waals surface area contributed by atoms with Crippen molar-refractivity contribution in [3.8, 4) is 0 Å². The number of nitrogens with zero attached hydrogens (tertiary/aromatic N) is 3. The molecule has 0 aliphatic carbocycles. The molecule has 0 spiro atoms. The van der Waals surface area contributed by atoms with Gasteiger partial charge in [-0.15, -0.1) is 0 Å². The number of rotatable bonds is 8. The van der Waals surface area contributed by atoms with E-state index in [1.165, 1.54) is 17.0 Å². The van der Waals surface area contributed by atoms with Crippen molar-refractivity contribution in [2.45, 2.75) is 25.2 Å². The first-order valence-corrected chi connectivity index (χ1v) is 9.85. The molecule has 168 valence electrons. The first-order chi connectivity index (χ1) is 14.6. The Kier molecular flexibility index (Phi) is 8.60. The molecule has 2 aromatic rings. The average molecular weight is 478 g/mol. The highest BCUT2D eigenvalue weighted by Gasteiger charge is 2.35. The molecule has 2 rings (SSSR count). The molecule has 2 atom stereocenters. The van der Waals surface area contributed by atoms with E-state index in [2.05, 4.69) is 20.6 Å². The number of benzene rings is 1. The third-order valence-corrected chi connectivity index (χ3v) is 5.09. The topological polar surface area (TPSA) is 87.2 Å². The molecule has 0 fully saturated rings. The monoisotopic (exact) mass is 477 g/mol. The molecule has 1 aromatic heterocycles. The van der Waals surface area contributed by atoms with Gasteiger partial charge in [-0.1, -0.05) is 29.3 Å². The summed E-state index contributed by atoms with van der Waals surface area (Å²) in [5.41, 5.74) is 0.630. The number of hydrogen-bond donors (Lipinski definition) is 2. The van der Waals surface area contributed by atoms with Crippen LogP contribution in [0.3, 0.4) is 0 Å². The number of alkyl halides is 3. The van der Waals surface area contributed by atoms with Gasteiger partial charge in [0.15, 0.2) is 0 Å². The summed E-state index contributed by atoms with van der Waals surface area (Å²) in [7, 11) is 1.69. The SMILES string of the molecule is CNCCN(C(=O)NC(c1cnc(C(F)(F)F)nc1)c1ccc(Cl)c(Cl)c1)C(C)C=O. The Hall–Kier alpha value is -2.43. The summed E-state index contributed by atoms with van der Waals surface area (Å²) in [4.78, 5) is 32.2. The second kappa shape index (κ2) is 10.7. The van der Waals surface area contributed by atoms with Crippen molar-refractivity contribution in [2.75, 3.05) is 20.1 Å². The van der Waals surface area contributed by atoms with Gasteiger partial charge in [0.1, 0.15) is 6.29 Å². The minimum Gasteiger partial charge on any atom is -0.327 e.